The highest BCUT2D eigenvalue weighted by atomic mass is 32.2. The summed E-state index contributed by atoms with van der Waals surface area (Å²) in [6.07, 6.45) is 7.72. The van der Waals surface area contributed by atoms with Crippen molar-refractivity contribution in [3.63, 3.8) is 0 Å². The average Bonchev–Trinajstić information content (AvgIpc) is 2.61. The van der Waals surface area contributed by atoms with Crippen molar-refractivity contribution in [2.45, 2.75) is 63.7 Å². The van der Waals surface area contributed by atoms with Crippen molar-refractivity contribution >= 4 is 21.6 Å². The van der Waals surface area contributed by atoms with E-state index in [9.17, 15) is 13.2 Å². The van der Waals surface area contributed by atoms with Gasteiger partial charge in [0.05, 0.1) is 4.90 Å². The quantitative estimate of drug-likeness (QED) is 0.768. The first kappa shape index (κ1) is 20.6. The maximum absolute atomic E-state index is 12.6. The van der Waals surface area contributed by atoms with Crippen LogP contribution in [0, 0.1) is 0 Å². The molecule has 26 heavy (non-hydrogen) atoms. The largest absolute Gasteiger partial charge is 0.271 e. The van der Waals surface area contributed by atoms with Crippen molar-refractivity contribution in [3.05, 3.63) is 29.8 Å². The van der Waals surface area contributed by atoms with E-state index in [1.54, 1.807) is 26.0 Å². The van der Waals surface area contributed by atoms with Crippen LogP contribution in [0.15, 0.2) is 34.3 Å². The Hall–Kier alpha value is -1.73. The van der Waals surface area contributed by atoms with E-state index in [2.05, 4.69) is 10.5 Å². The number of rotatable bonds is 6. The Morgan fingerprint density at radius 1 is 1.08 bits per heavy atom. The molecule has 0 unspecified atom stereocenters. The summed E-state index contributed by atoms with van der Waals surface area (Å²) in [5, 5.41) is 4.28. The average molecular weight is 380 g/mol. The second-order valence-corrected chi connectivity index (χ2v) is 8.44. The first-order valence-electron chi connectivity index (χ1n) is 9.45. The smallest absolute Gasteiger partial charge is 0.267 e. The highest BCUT2D eigenvalue weighted by molar-refractivity contribution is 7.89. The zero-order valence-corrected chi connectivity index (χ0v) is 16.5. The summed E-state index contributed by atoms with van der Waals surface area (Å²) in [7, 11) is -3.58. The number of carbonyl (C=O) groups is 1. The fourth-order valence-corrected chi connectivity index (χ4v) is 4.63. The van der Waals surface area contributed by atoms with Gasteiger partial charge in [-0.15, -0.1) is 0 Å². The molecule has 1 aromatic rings. The maximum atomic E-state index is 12.6. The van der Waals surface area contributed by atoms with Crippen molar-refractivity contribution < 1.29 is 13.2 Å². The third kappa shape index (κ3) is 5.38. The monoisotopic (exact) mass is 379 g/mol. The van der Waals surface area contributed by atoms with Crippen LogP contribution in [-0.2, 0) is 10.0 Å². The number of sulfonamides is 1. The number of hydrogen-bond donors (Lipinski definition) is 1. The summed E-state index contributed by atoms with van der Waals surface area (Å²) >= 11 is 0. The summed E-state index contributed by atoms with van der Waals surface area (Å²) in [5.74, 6) is -0.379. The van der Waals surface area contributed by atoms with Gasteiger partial charge in [0.15, 0.2) is 0 Å². The van der Waals surface area contributed by atoms with Gasteiger partial charge in [-0.2, -0.15) is 9.41 Å². The lowest BCUT2D eigenvalue weighted by Gasteiger charge is -2.18. The molecule has 1 aliphatic carbocycles. The van der Waals surface area contributed by atoms with Crippen LogP contribution >= 0.6 is 0 Å². The molecule has 0 atom stereocenters. The zero-order valence-electron chi connectivity index (χ0n) is 15.7. The lowest BCUT2D eigenvalue weighted by atomic mass is 9.99. The van der Waals surface area contributed by atoms with Gasteiger partial charge in [-0.05, 0) is 43.9 Å². The fraction of sp³-hybridized carbons (Fsp3) is 0.579. The molecule has 0 spiro atoms. The predicted octanol–water partition coefficient (Wildman–Crippen LogP) is 3.55. The van der Waals surface area contributed by atoms with E-state index in [0.29, 0.717) is 18.7 Å². The van der Waals surface area contributed by atoms with Gasteiger partial charge in [-0.1, -0.05) is 39.2 Å². The van der Waals surface area contributed by atoms with E-state index in [0.717, 1.165) is 31.4 Å². The number of carbonyl (C=O) groups excluding carboxylic acids is 1. The van der Waals surface area contributed by atoms with Crippen molar-refractivity contribution in [1.82, 2.24) is 9.73 Å². The van der Waals surface area contributed by atoms with Gasteiger partial charge >= 0.3 is 0 Å². The molecule has 1 amide bonds. The minimum Gasteiger partial charge on any atom is -0.267 e. The van der Waals surface area contributed by atoms with Crippen LogP contribution in [0.5, 0.6) is 0 Å². The number of nitrogens with zero attached hydrogens (tertiary/aromatic N) is 2. The Morgan fingerprint density at radius 2 is 1.69 bits per heavy atom. The van der Waals surface area contributed by atoms with Gasteiger partial charge in [0, 0.05) is 24.4 Å². The SMILES string of the molecule is CCN(CC)S(=O)(=O)c1cccc(C(=O)NN=C2CCCCCCC2)c1. The molecular formula is C19H29N3O3S. The summed E-state index contributed by atoms with van der Waals surface area (Å²) in [4.78, 5) is 12.5. The maximum Gasteiger partial charge on any atom is 0.271 e. The highest BCUT2D eigenvalue weighted by Gasteiger charge is 2.22. The molecule has 1 fully saturated rings. The fourth-order valence-electron chi connectivity index (χ4n) is 3.13. The minimum atomic E-state index is -3.58. The van der Waals surface area contributed by atoms with E-state index < -0.39 is 10.0 Å². The topological polar surface area (TPSA) is 78.8 Å². The zero-order chi connectivity index (χ0) is 19.0. The van der Waals surface area contributed by atoms with Crippen molar-refractivity contribution in [2.75, 3.05) is 13.1 Å². The Bertz CT molecular complexity index is 730. The third-order valence-corrected chi connectivity index (χ3v) is 6.73. The molecule has 0 saturated heterocycles. The van der Waals surface area contributed by atoms with Crippen LogP contribution in [0.1, 0.15) is 69.2 Å². The molecule has 1 aromatic carbocycles. The van der Waals surface area contributed by atoms with Crippen molar-refractivity contribution in [3.8, 4) is 0 Å². The molecule has 0 aromatic heterocycles. The molecule has 2 rings (SSSR count). The normalized spacial score (nSPS) is 16.0. The summed E-state index contributed by atoms with van der Waals surface area (Å²) in [5.41, 5.74) is 3.91. The number of benzene rings is 1. The van der Waals surface area contributed by atoms with Crippen LogP contribution in [0.4, 0.5) is 0 Å². The van der Waals surface area contributed by atoms with Gasteiger partial charge in [0.25, 0.3) is 5.91 Å². The molecule has 0 aliphatic heterocycles. The first-order chi connectivity index (χ1) is 12.5. The highest BCUT2D eigenvalue weighted by Crippen LogP contribution is 2.17. The van der Waals surface area contributed by atoms with E-state index >= 15 is 0 Å². The van der Waals surface area contributed by atoms with Crippen LogP contribution < -0.4 is 5.43 Å². The van der Waals surface area contributed by atoms with Gasteiger partial charge < -0.3 is 0 Å². The van der Waals surface area contributed by atoms with Crippen molar-refractivity contribution in [2.24, 2.45) is 5.10 Å². The summed E-state index contributed by atoms with van der Waals surface area (Å²) in [6, 6.07) is 6.13. The van der Waals surface area contributed by atoms with E-state index in [1.807, 2.05) is 0 Å². The lowest BCUT2D eigenvalue weighted by Crippen LogP contribution is -2.30. The Kier molecular flexibility index (Phi) is 7.78. The standard InChI is InChI=1S/C19H29N3O3S/c1-3-22(4-2)26(24,25)18-14-10-11-16(15-18)19(23)21-20-17-12-8-6-5-7-9-13-17/h10-11,14-15H,3-9,12-13H2,1-2H3,(H,21,23). The molecular weight excluding hydrogens is 350 g/mol. The van der Waals surface area contributed by atoms with Crippen LogP contribution in [0.2, 0.25) is 0 Å². The number of amides is 1. The number of hydrogen-bond acceptors (Lipinski definition) is 4. The number of nitrogens with one attached hydrogen (secondary N) is 1. The molecule has 1 aliphatic rings. The van der Waals surface area contributed by atoms with E-state index in [-0.39, 0.29) is 10.8 Å². The van der Waals surface area contributed by atoms with Gasteiger partial charge in [0.2, 0.25) is 10.0 Å². The summed E-state index contributed by atoms with van der Waals surface area (Å²) in [6.45, 7) is 4.37. The molecule has 6 nitrogen and oxygen atoms in total. The molecule has 0 heterocycles. The molecule has 0 bridgehead atoms. The van der Waals surface area contributed by atoms with Gasteiger partial charge in [-0.3, -0.25) is 4.79 Å². The van der Waals surface area contributed by atoms with Crippen LogP contribution in [0.25, 0.3) is 0 Å². The molecule has 7 heteroatoms. The second-order valence-electron chi connectivity index (χ2n) is 6.50. The van der Waals surface area contributed by atoms with Gasteiger partial charge in [-0.25, -0.2) is 13.8 Å². The third-order valence-electron chi connectivity index (χ3n) is 4.69. The first-order valence-corrected chi connectivity index (χ1v) is 10.9. The Labute approximate surface area is 156 Å². The molecule has 1 saturated carbocycles. The minimum absolute atomic E-state index is 0.132. The van der Waals surface area contributed by atoms with Gasteiger partial charge in [0.1, 0.15) is 0 Å². The van der Waals surface area contributed by atoms with Crippen LogP contribution in [-0.4, -0.2) is 37.4 Å². The predicted molar refractivity (Wildman–Crippen MR) is 104 cm³/mol. The second kappa shape index (κ2) is 9.83. The van der Waals surface area contributed by atoms with E-state index in [1.165, 1.54) is 35.7 Å². The number of hydrazone groups is 1. The molecule has 0 radical (unpaired) electrons. The lowest BCUT2D eigenvalue weighted by molar-refractivity contribution is 0.0954. The van der Waals surface area contributed by atoms with Crippen molar-refractivity contribution in [1.29, 1.82) is 0 Å². The van der Waals surface area contributed by atoms with E-state index in [4.69, 9.17) is 0 Å². The Morgan fingerprint density at radius 3 is 2.31 bits per heavy atom. The Balaban J connectivity index is 2.12. The molecule has 144 valence electrons. The summed E-state index contributed by atoms with van der Waals surface area (Å²) < 4.78 is 26.6. The molecule has 1 N–H and O–H groups in total. The van der Waals surface area contributed by atoms with Crippen LogP contribution in [0.3, 0.4) is 0 Å².